The number of aryl methyl sites for hydroxylation is 1. The van der Waals surface area contributed by atoms with Crippen LogP contribution in [0.15, 0.2) is 18.7 Å². The highest BCUT2D eigenvalue weighted by atomic mass is 16.5. The first kappa shape index (κ1) is 11.3. The second kappa shape index (κ2) is 5.24. The van der Waals surface area contributed by atoms with E-state index in [-0.39, 0.29) is 0 Å². The van der Waals surface area contributed by atoms with E-state index in [0.29, 0.717) is 24.8 Å². The van der Waals surface area contributed by atoms with E-state index >= 15 is 0 Å². The van der Waals surface area contributed by atoms with Gasteiger partial charge in [0.15, 0.2) is 5.82 Å². The minimum absolute atomic E-state index is 0.555. The lowest BCUT2D eigenvalue weighted by Gasteiger charge is -2.06. The number of anilines is 1. The van der Waals surface area contributed by atoms with Gasteiger partial charge in [0.1, 0.15) is 18.5 Å². The van der Waals surface area contributed by atoms with Crippen molar-refractivity contribution in [2.24, 2.45) is 7.05 Å². The van der Waals surface area contributed by atoms with Crippen molar-refractivity contribution in [1.82, 2.24) is 24.7 Å². The van der Waals surface area contributed by atoms with E-state index in [1.165, 1.54) is 6.33 Å². The Morgan fingerprint density at radius 1 is 1.41 bits per heavy atom. The van der Waals surface area contributed by atoms with E-state index in [2.05, 4.69) is 25.5 Å². The molecule has 2 aromatic heterocycles. The first-order valence-electron chi connectivity index (χ1n) is 5.31. The predicted octanol–water partition coefficient (Wildman–Crippen LogP) is 0.616. The summed E-state index contributed by atoms with van der Waals surface area (Å²) in [4.78, 5) is 8.08. The summed E-state index contributed by atoms with van der Waals surface area (Å²) in [5.74, 6) is 2.09. The van der Waals surface area contributed by atoms with Gasteiger partial charge in [0, 0.05) is 13.1 Å². The molecule has 0 aliphatic rings. The molecule has 0 atom stereocenters. The van der Waals surface area contributed by atoms with Gasteiger partial charge in [0.05, 0.1) is 13.2 Å². The summed E-state index contributed by atoms with van der Waals surface area (Å²) in [6, 6.07) is 1.75. The monoisotopic (exact) mass is 234 g/mol. The Bertz CT molecular complexity index is 483. The van der Waals surface area contributed by atoms with Gasteiger partial charge in [-0.1, -0.05) is 0 Å². The number of hydrogen-bond donors (Lipinski definition) is 1. The zero-order valence-electron chi connectivity index (χ0n) is 9.79. The van der Waals surface area contributed by atoms with Gasteiger partial charge in [0.25, 0.3) is 0 Å². The van der Waals surface area contributed by atoms with Crippen molar-refractivity contribution >= 4 is 5.82 Å². The first-order valence-corrected chi connectivity index (χ1v) is 5.31. The highest BCUT2D eigenvalue weighted by Gasteiger charge is 2.02. The SMILES string of the molecule is CCOc1cc(NCc2nncn2C)ncn1. The van der Waals surface area contributed by atoms with E-state index in [0.717, 1.165) is 5.82 Å². The third kappa shape index (κ3) is 2.90. The maximum Gasteiger partial charge on any atom is 0.218 e. The summed E-state index contributed by atoms with van der Waals surface area (Å²) >= 11 is 0. The fourth-order valence-electron chi connectivity index (χ4n) is 1.30. The molecule has 0 aliphatic carbocycles. The van der Waals surface area contributed by atoms with Crippen LogP contribution in [0.1, 0.15) is 12.7 Å². The molecule has 2 rings (SSSR count). The smallest absolute Gasteiger partial charge is 0.218 e. The fraction of sp³-hybridized carbons (Fsp3) is 0.400. The van der Waals surface area contributed by atoms with Crippen molar-refractivity contribution in [2.45, 2.75) is 13.5 Å². The van der Waals surface area contributed by atoms with Crippen molar-refractivity contribution in [3.63, 3.8) is 0 Å². The molecule has 0 unspecified atom stereocenters. The Morgan fingerprint density at radius 3 is 3.00 bits per heavy atom. The van der Waals surface area contributed by atoms with Crippen LogP contribution >= 0.6 is 0 Å². The number of aromatic nitrogens is 5. The molecule has 0 radical (unpaired) electrons. The van der Waals surface area contributed by atoms with Gasteiger partial charge in [-0.05, 0) is 6.92 Å². The van der Waals surface area contributed by atoms with Gasteiger partial charge in [0.2, 0.25) is 5.88 Å². The highest BCUT2D eigenvalue weighted by Crippen LogP contribution is 2.11. The second-order valence-electron chi connectivity index (χ2n) is 3.39. The minimum atomic E-state index is 0.555. The lowest BCUT2D eigenvalue weighted by Crippen LogP contribution is -2.07. The van der Waals surface area contributed by atoms with Crippen molar-refractivity contribution < 1.29 is 4.74 Å². The molecule has 17 heavy (non-hydrogen) atoms. The molecule has 7 heteroatoms. The molecule has 0 fully saturated rings. The van der Waals surface area contributed by atoms with Gasteiger partial charge in [-0.15, -0.1) is 10.2 Å². The van der Waals surface area contributed by atoms with E-state index in [1.807, 2.05) is 18.5 Å². The van der Waals surface area contributed by atoms with Gasteiger partial charge in [-0.3, -0.25) is 0 Å². The lowest BCUT2D eigenvalue weighted by molar-refractivity contribution is 0.326. The van der Waals surface area contributed by atoms with Crippen LogP contribution in [0.5, 0.6) is 5.88 Å². The molecule has 0 amide bonds. The standard InChI is InChI=1S/C10H14N6O/c1-3-17-10-4-8(12-6-13-10)11-5-9-15-14-7-16(9)2/h4,6-7H,3,5H2,1-2H3,(H,11,12,13). The summed E-state index contributed by atoms with van der Waals surface area (Å²) in [5, 5.41) is 10.9. The number of hydrogen-bond acceptors (Lipinski definition) is 6. The summed E-state index contributed by atoms with van der Waals surface area (Å²) < 4.78 is 7.13. The van der Waals surface area contributed by atoms with Crippen LogP contribution in [0.4, 0.5) is 5.82 Å². The summed E-state index contributed by atoms with van der Waals surface area (Å²) in [5.41, 5.74) is 0. The maximum absolute atomic E-state index is 5.28. The van der Waals surface area contributed by atoms with Crippen molar-refractivity contribution in [3.05, 3.63) is 24.5 Å². The maximum atomic E-state index is 5.28. The van der Waals surface area contributed by atoms with Crippen LogP contribution in [0.3, 0.4) is 0 Å². The predicted molar refractivity (Wildman–Crippen MR) is 61.5 cm³/mol. The molecule has 0 spiro atoms. The molecular formula is C10H14N6O. The van der Waals surface area contributed by atoms with Crippen molar-refractivity contribution in [1.29, 1.82) is 0 Å². The van der Waals surface area contributed by atoms with Crippen molar-refractivity contribution in [2.75, 3.05) is 11.9 Å². The second-order valence-corrected chi connectivity index (χ2v) is 3.39. The summed E-state index contributed by atoms with van der Waals surface area (Å²) in [7, 11) is 1.89. The Kier molecular flexibility index (Phi) is 3.49. The molecular weight excluding hydrogens is 220 g/mol. The Morgan fingerprint density at radius 2 is 2.29 bits per heavy atom. The van der Waals surface area contributed by atoms with Gasteiger partial charge < -0.3 is 14.6 Å². The normalized spacial score (nSPS) is 10.2. The summed E-state index contributed by atoms with van der Waals surface area (Å²) in [6.07, 6.45) is 3.12. The van der Waals surface area contributed by atoms with Crippen LogP contribution in [0.25, 0.3) is 0 Å². The lowest BCUT2D eigenvalue weighted by atomic mass is 10.5. The van der Waals surface area contributed by atoms with Gasteiger partial charge >= 0.3 is 0 Å². The zero-order chi connectivity index (χ0) is 12.1. The van der Waals surface area contributed by atoms with Crippen LogP contribution in [-0.2, 0) is 13.6 Å². The van der Waals surface area contributed by atoms with Crippen molar-refractivity contribution in [3.8, 4) is 5.88 Å². The quantitative estimate of drug-likeness (QED) is 0.817. The summed E-state index contributed by atoms with van der Waals surface area (Å²) in [6.45, 7) is 3.05. The Balaban J connectivity index is 1.99. The van der Waals surface area contributed by atoms with Gasteiger partial charge in [-0.25, -0.2) is 9.97 Å². The van der Waals surface area contributed by atoms with Crippen LogP contribution in [0, 0.1) is 0 Å². The molecule has 2 heterocycles. The highest BCUT2D eigenvalue weighted by molar-refractivity contribution is 5.37. The molecule has 90 valence electrons. The molecule has 0 aliphatic heterocycles. The minimum Gasteiger partial charge on any atom is -0.478 e. The van der Waals surface area contributed by atoms with Crippen LogP contribution < -0.4 is 10.1 Å². The molecule has 0 saturated carbocycles. The van der Waals surface area contributed by atoms with E-state index in [1.54, 1.807) is 12.4 Å². The molecule has 2 aromatic rings. The van der Waals surface area contributed by atoms with Crippen LogP contribution in [0.2, 0.25) is 0 Å². The Hall–Kier alpha value is -2.18. The number of ether oxygens (including phenoxy) is 1. The fourth-order valence-corrected chi connectivity index (χ4v) is 1.30. The third-order valence-corrected chi connectivity index (χ3v) is 2.17. The number of nitrogens with zero attached hydrogens (tertiary/aromatic N) is 5. The van der Waals surface area contributed by atoms with E-state index in [9.17, 15) is 0 Å². The topological polar surface area (TPSA) is 77.8 Å². The van der Waals surface area contributed by atoms with E-state index < -0.39 is 0 Å². The first-order chi connectivity index (χ1) is 8.29. The average Bonchev–Trinajstić information content (AvgIpc) is 2.73. The largest absolute Gasteiger partial charge is 0.478 e. The molecule has 0 bridgehead atoms. The number of rotatable bonds is 5. The van der Waals surface area contributed by atoms with E-state index in [4.69, 9.17) is 4.74 Å². The van der Waals surface area contributed by atoms with Gasteiger partial charge in [-0.2, -0.15) is 0 Å². The molecule has 0 aromatic carbocycles. The molecule has 0 saturated heterocycles. The molecule has 1 N–H and O–H groups in total. The Labute approximate surface area is 98.9 Å². The molecule has 7 nitrogen and oxygen atoms in total. The average molecular weight is 234 g/mol. The van der Waals surface area contributed by atoms with Crippen LogP contribution in [-0.4, -0.2) is 31.3 Å². The third-order valence-electron chi connectivity index (χ3n) is 2.17. The number of nitrogens with one attached hydrogen (secondary N) is 1. The zero-order valence-corrected chi connectivity index (χ0v) is 9.79.